The minimum atomic E-state index is -0.206. The summed E-state index contributed by atoms with van der Waals surface area (Å²) < 4.78 is 6.13. The molecule has 1 fully saturated rings. The van der Waals surface area contributed by atoms with E-state index in [0.717, 1.165) is 25.1 Å². The van der Waals surface area contributed by atoms with Crippen LogP contribution in [-0.2, 0) is 16.1 Å². The minimum Gasteiger partial charge on any atom is -0.455 e. The van der Waals surface area contributed by atoms with E-state index in [1.807, 2.05) is 77.7 Å². The highest BCUT2D eigenvalue weighted by Crippen LogP contribution is 2.32. The first kappa shape index (κ1) is 24.6. The third-order valence-corrected chi connectivity index (χ3v) is 6.42. The van der Waals surface area contributed by atoms with E-state index in [1.165, 1.54) is 0 Å². The van der Waals surface area contributed by atoms with Gasteiger partial charge in [0.2, 0.25) is 11.8 Å². The van der Waals surface area contributed by atoms with Gasteiger partial charge in [-0.15, -0.1) is 0 Å². The summed E-state index contributed by atoms with van der Waals surface area (Å²) in [6.07, 6.45) is 0.998. The number of para-hydroxylation sites is 3. The fraction of sp³-hybridized carbons (Fsp3) is 0.286. The van der Waals surface area contributed by atoms with Gasteiger partial charge in [0.1, 0.15) is 5.75 Å². The molecule has 1 aliphatic rings. The standard InChI is InChI=1S/C28H30ClN3O3/c1-21-15-16-31(18-21)28(34)20-32(19-27(33)30-17-22-9-5-6-12-24(22)29)25-13-7-8-14-26(25)35-23-10-3-2-4-11-23/h2-14,21H,15-20H2,1H3,(H,30,33). The average molecular weight is 492 g/mol. The Kier molecular flexibility index (Phi) is 8.27. The maximum absolute atomic E-state index is 13.1. The Morgan fingerprint density at radius 3 is 2.46 bits per heavy atom. The second-order valence-electron chi connectivity index (χ2n) is 8.84. The topological polar surface area (TPSA) is 61.9 Å². The Morgan fingerprint density at radius 1 is 1.00 bits per heavy atom. The van der Waals surface area contributed by atoms with Gasteiger partial charge < -0.3 is 19.9 Å². The normalized spacial score (nSPS) is 15.0. The molecule has 0 radical (unpaired) electrons. The number of hydrogen-bond donors (Lipinski definition) is 1. The van der Waals surface area contributed by atoms with Crippen LogP contribution in [-0.4, -0.2) is 42.9 Å². The van der Waals surface area contributed by atoms with Crippen molar-refractivity contribution in [1.82, 2.24) is 10.2 Å². The molecule has 0 bridgehead atoms. The number of halogens is 1. The van der Waals surface area contributed by atoms with Crippen molar-refractivity contribution in [2.75, 3.05) is 31.1 Å². The van der Waals surface area contributed by atoms with Crippen molar-refractivity contribution in [2.24, 2.45) is 5.92 Å². The summed E-state index contributed by atoms with van der Waals surface area (Å²) in [7, 11) is 0. The monoisotopic (exact) mass is 491 g/mol. The van der Waals surface area contributed by atoms with E-state index in [-0.39, 0.29) is 24.9 Å². The molecular weight excluding hydrogens is 462 g/mol. The van der Waals surface area contributed by atoms with Crippen LogP contribution in [0.15, 0.2) is 78.9 Å². The van der Waals surface area contributed by atoms with Crippen LogP contribution in [0.2, 0.25) is 5.02 Å². The van der Waals surface area contributed by atoms with Crippen LogP contribution in [0.4, 0.5) is 5.69 Å². The molecule has 3 aromatic carbocycles. The van der Waals surface area contributed by atoms with Crippen LogP contribution in [0.25, 0.3) is 0 Å². The van der Waals surface area contributed by atoms with E-state index in [2.05, 4.69) is 12.2 Å². The summed E-state index contributed by atoms with van der Waals surface area (Å²) in [5.74, 6) is 1.55. The van der Waals surface area contributed by atoms with Crippen LogP contribution in [0.5, 0.6) is 11.5 Å². The first-order chi connectivity index (χ1) is 17.0. The molecule has 0 spiro atoms. The van der Waals surface area contributed by atoms with Crippen molar-refractivity contribution in [3.63, 3.8) is 0 Å². The van der Waals surface area contributed by atoms with Gasteiger partial charge in [0.15, 0.2) is 5.75 Å². The van der Waals surface area contributed by atoms with E-state index >= 15 is 0 Å². The largest absolute Gasteiger partial charge is 0.455 e. The van der Waals surface area contributed by atoms with Gasteiger partial charge >= 0.3 is 0 Å². The molecule has 4 rings (SSSR count). The van der Waals surface area contributed by atoms with Gasteiger partial charge in [0.25, 0.3) is 0 Å². The number of nitrogens with one attached hydrogen (secondary N) is 1. The van der Waals surface area contributed by atoms with Gasteiger partial charge in [-0.3, -0.25) is 9.59 Å². The lowest BCUT2D eigenvalue weighted by Gasteiger charge is -2.28. The molecule has 7 heteroatoms. The third-order valence-electron chi connectivity index (χ3n) is 6.05. The zero-order valence-electron chi connectivity index (χ0n) is 19.8. The van der Waals surface area contributed by atoms with Crippen molar-refractivity contribution in [3.8, 4) is 11.5 Å². The van der Waals surface area contributed by atoms with Gasteiger partial charge in [-0.2, -0.15) is 0 Å². The maximum atomic E-state index is 13.1. The molecule has 35 heavy (non-hydrogen) atoms. The third kappa shape index (κ3) is 6.76. The Hall–Kier alpha value is -3.51. The number of carbonyl (C=O) groups is 2. The summed E-state index contributed by atoms with van der Waals surface area (Å²) in [4.78, 5) is 29.8. The average Bonchev–Trinajstić information content (AvgIpc) is 3.30. The molecule has 1 heterocycles. The lowest BCUT2D eigenvalue weighted by atomic mass is 10.2. The molecule has 1 saturated heterocycles. The van der Waals surface area contributed by atoms with Gasteiger partial charge in [0.05, 0.1) is 18.8 Å². The smallest absolute Gasteiger partial charge is 0.242 e. The summed E-state index contributed by atoms with van der Waals surface area (Å²) in [6, 6.07) is 24.3. The number of ether oxygens (including phenoxy) is 1. The van der Waals surface area contributed by atoms with E-state index in [1.54, 1.807) is 11.0 Å². The minimum absolute atomic E-state index is 0.00256. The van der Waals surface area contributed by atoms with Crippen LogP contribution >= 0.6 is 11.6 Å². The summed E-state index contributed by atoms with van der Waals surface area (Å²) in [6.45, 7) is 4.04. The van der Waals surface area contributed by atoms with Crippen LogP contribution in [0.1, 0.15) is 18.9 Å². The maximum Gasteiger partial charge on any atom is 0.242 e. The Labute approximate surface area is 211 Å². The van der Waals surface area contributed by atoms with Gasteiger partial charge in [-0.05, 0) is 48.2 Å². The highest BCUT2D eigenvalue weighted by Gasteiger charge is 2.26. The number of carbonyl (C=O) groups excluding carboxylic acids is 2. The first-order valence-corrected chi connectivity index (χ1v) is 12.2. The molecule has 182 valence electrons. The second kappa shape index (κ2) is 11.8. The van der Waals surface area contributed by atoms with E-state index < -0.39 is 0 Å². The van der Waals surface area contributed by atoms with Crippen molar-refractivity contribution in [1.29, 1.82) is 0 Å². The summed E-state index contributed by atoms with van der Waals surface area (Å²) in [5, 5.41) is 3.53. The molecule has 2 amide bonds. The molecule has 0 aliphatic carbocycles. The predicted molar refractivity (Wildman–Crippen MR) is 139 cm³/mol. The molecular formula is C28H30ClN3O3. The highest BCUT2D eigenvalue weighted by molar-refractivity contribution is 6.31. The Morgan fingerprint density at radius 2 is 1.71 bits per heavy atom. The molecule has 0 aromatic heterocycles. The van der Waals surface area contributed by atoms with Gasteiger partial charge in [-0.25, -0.2) is 0 Å². The molecule has 6 nitrogen and oxygen atoms in total. The van der Waals surface area contributed by atoms with Gasteiger partial charge in [-0.1, -0.05) is 67.1 Å². The van der Waals surface area contributed by atoms with Gasteiger partial charge in [0, 0.05) is 24.7 Å². The molecule has 1 aliphatic heterocycles. The zero-order chi connectivity index (χ0) is 24.6. The lowest BCUT2D eigenvalue weighted by molar-refractivity contribution is -0.128. The van der Waals surface area contributed by atoms with Crippen LogP contribution in [0.3, 0.4) is 0 Å². The fourth-order valence-corrected chi connectivity index (χ4v) is 4.34. The van der Waals surface area contributed by atoms with E-state index in [4.69, 9.17) is 16.3 Å². The number of likely N-dealkylation sites (tertiary alicyclic amines) is 1. The quantitative estimate of drug-likeness (QED) is 0.451. The lowest BCUT2D eigenvalue weighted by Crippen LogP contribution is -2.44. The molecule has 1 atom stereocenters. The van der Waals surface area contributed by atoms with E-state index in [0.29, 0.717) is 34.7 Å². The number of amides is 2. The molecule has 3 aromatic rings. The number of hydrogen-bond acceptors (Lipinski definition) is 4. The van der Waals surface area contributed by atoms with Crippen molar-refractivity contribution >= 4 is 29.1 Å². The number of rotatable bonds is 9. The van der Waals surface area contributed by atoms with Crippen molar-refractivity contribution in [3.05, 3.63) is 89.4 Å². The van der Waals surface area contributed by atoms with Crippen LogP contribution in [0, 0.1) is 5.92 Å². The van der Waals surface area contributed by atoms with Crippen molar-refractivity contribution < 1.29 is 14.3 Å². The molecule has 1 unspecified atom stereocenters. The molecule has 0 saturated carbocycles. The Balaban J connectivity index is 1.53. The van der Waals surface area contributed by atoms with Crippen molar-refractivity contribution in [2.45, 2.75) is 19.9 Å². The molecule has 1 N–H and O–H groups in total. The number of nitrogens with zero attached hydrogens (tertiary/aromatic N) is 2. The number of benzene rings is 3. The fourth-order valence-electron chi connectivity index (χ4n) is 4.14. The summed E-state index contributed by atoms with van der Waals surface area (Å²) >= 11 is 6.23. The van der Waals surface area contributed by atoms with E-state index in [9.17, 15) is 9.59 Å². The van der Waals surface area contributed by atoms with Crippen LogP contribution < -0.4 is 15.0 Å². The SMILES string of the molecule is CC1CCN(C(=O)CN(CC(=O)NCc2ccccc2Cl)c2ccccc2Oc2ccccc2)C1. The predicted octanol–water partition coefficient (Wildman–Crippen LogP) is 5.12. The second-order valence-corrected chi connectivity index (χ2v) is 9.25. The first-order valence-electron chi connectivity index (χ1n) is 11.8. The summed E-state index contributed by atoms with van der Waals surface area (Å²) in [5.41, 5.74) is 1.52. The number of anilines is 1. The zero-order valence-corrected chi connectivity index (χ0v) is 20.6. The Bertz CT molecular complexity index is 1150. The highest BCUT2D eigenvalue weighted by atomic mass is 35.5.